The highest BCUT2D eigenvalue weighted by Gasteiger charge is 2.41. The van der Waals surface area contributed by atoms with Gasteiger partial charge in [0, 0.05) is 0 Å². The summed E-state index contributed by atoms with van der Waals surface area (Å²) in [4.78, 5) is 0. The van der Waals surface area contributed by atoms with Crippen LogP contribution in [0.5, 0.6) is 0 Å². The molecule has 1 aliphatic rings. The van der Waals surface area contributed by atoms with Crippen LogP contribution in [0, 0.1) is 0 Å². The largest absolute Gasteiger partial charge is 0.0808 e. The Morgan fingerprint density at radius 2 is 1.38 bits per heavy atom. The molecule has 0 saturated carbocycles. The normalized spacial score (nSPS) is 27.5. The quantitative estimate of drug-likeness (QED) is 0.584. The van der Waals surface area contributed by atoms with Gasteiger partial charge >= 0.3 is 0 Å². The van der Waals surface area contributed by atoms with Crippen LogP contribution in [0.15, 0.2) is 23.3 Å². The van der Waals surface area contributed by atoms with E-state index in [1.807, 2.05) is 0 Å². The Morgan fingerprint density at radius 3 is 1.75 bits per heavy atom. The summed E-state index contributed by atoms with van der Waals surface area (Å²) in [7, 11) is -2.20. The van der Waals surface area contributed by atoms with Gasteiger partial charge in [0.25, 0.3) is 0 Å². The second-order valence-corrected chi connectivity index (χ2v) is 18.3. The van der Waals surface area contributed by atoms with Crippen LogP contribution in [-0.2, 0) is 0 Å². The van der Waals surface area contributed by atoms with E-state index in [0.717, 1.165) is 11.1 Å². The van der Waals surface area contributed by atoms with Gasteiger partial charge in [0.15, 0.2) is 0 Å². The molecule has 0 fully saturated rings. The fourth-order valence-corrected chi connectivity index (χ4v) is 10.8. The number of allylic oxidation sites excluding steroid dienone is 4. The summed E-state index contributed by atoms with van der Waals surface area (Å²) in [5.74, 6) is 0. The van der Waals surface area contributed by atoms with E-state index in [-0.39, 0.29) is 0 Å². The Kier molecular flexibility index (Phi) is 3.76. The van der Waals surface area contributed by atoms with E-state index < -0.39 is 16.1 Å². The van der Waals surface area contributed by atoms with Crippen molar-refractivity contribution < 1.29 is 0 Å². The van der Waals surface area contributed by atoms with Crippen LogP contribution in [0.4, 0.5) is 0 Å². The summed E-state index contributed by atoms with van der Waals surface area (Å²) in [6, 6.07) is 0. The van der Waals surface area contributed by atoms with E-state index in [2.05, 4.69) is 65.3 Å². The highest BCUT2D eigenvalue weighted by atomic mass is 28.3. The molecule has 0 aromatic rings. The SMILES string of the molecule is CC1=CC([Si](C)(C)C)C([Si](C)(C)C)C(C)=C1. The van der Waals surface area contributed by atoms with Gasteiger partial charge in [0.05, 0.1) is 16.1 Å². The Bertz CT molecular complexity index is 324. The van der Waals surface area contributed by atoms with Crippen molar-refractivity contribution in [3.05, 3.63) is 23.3 Å². The van der Waals surface area contributed by atoms with Gasteiger partial charge in [-0.2, -0.15) is 0 Å². The third-order valence-corrected chi connectivity index (χ3v) is 9.19. The molecular weight excluding hydrogens is 224 g/mol. The van der Waals surface area contributed by atoms with Gasteiger partial charge in [-0.1, -0.05) is 62.6 Å². The third kappa shape index (κ3) is 2.98. The van der Waals surface area contributed by atoms with Crippen molar-refractivity contribution in [2.75, 3.05) is 0 Å². The summed E-state index contributed by atoms with van der Waals surface area (Å²) in [6.45, 7) is 19.8. The van der Waals surface area contributed by atoms with Crippen LogP contribution in [0.3, 0.4) is 0 Å². The van der Waals surface area contributed by atoms with Crippen molar-refractivity contribution in [1.82, 2.24) is 0 Å². The molecule has 0 saturated heterocycles. The molecule has 2 heteroatoms. The Balaban J connectivity index is 3.19. The molecule has 0 aromatic heterocycles. The van der Waals surface area contributed by atoms with E-state index in [1.54, 1.807) is 5.57 Å². The van der Waals surface area contributed by atoms with Gasteiger partial charge in [-0.15, -0.1) is 0 Å². The minimum absolute atomic E-state index is 0.851. The molecule has 0 amide bonds. The molecule has 0 radical (unpaired) electrons. The first-order chi connectivity index (χ1) is 7.03. The predicted octanol–water partition coefficient (Wildman–Crippen LogP) is 5.31. The summed E-state index contributed by atoms with van der Waals surface area (Å²) in [5.41, 5.74) is 4.85. The zero-order valence-electron chi connectivity index (χ0n) is 12.3. The van der Waals surface area contributed by atoms with Crippen molar-refractivity contribution >= 4 is 16.1 Å². The van der Waals surface area contributed by atoms with Gasteiger partial charge < -0.3 is 0 Å². The first-order valence-corrected chi connectivity index (χ1v) is 13.6. The molecule has 0 aromatic carbocycles. The summed E-state index contributed by atoms with van der Waals surface area (Å²) in [5, 5.41) is 0. The molecule has 1 rings (SSSR count). The number of hydrogen-bond donors (Lipinski definition) is 0. The van der Waals surface area contributed by atoms with E-state index in [1.165, 1.54) is 5.57 Å². The fraction of sp³-hybridized carbons (Fsp3) is 0.714. The van der Waals surface area contributed by atoms with Crippen molar-refractivity contribution in [3.8, 4) is 0 Å². The molecule has 0 nitrogen and oxygen atoms in total. The molecular formula is C14H28Si2. The molecule has 0 heterocycles. The van der Waals surface area contributed by atoms with Crippen molar-refractivity contribution in [2.45, 2.75) is 64.2 Å². The molecule has 0 aliphatic heterocycles. The lowest BCUT2D eigenvalue weighted by Gasteiger charge is -2.43. The predicted molar refractivity (Wildman–Crippen MR) is 81.7 cm³/mol. The molecule has 1 aliphatic carbocycles. The second kappa shape index (κ2) is 4.30. The standard InChI is InChI=1S/C14H28Si2/c1-11-9-12(2)14(16(6,7)8)13(10-11)15(3,4)5/h9-10,13-14H,1-8H3. The second-order valence-electron chi connectivity index (χ2n) is 7.53. The molecule has 0 N–H and O–H groups in total. The molecule has 0 bridgehead atoms. The maximum Gasteiger partial charge on any atom is 0.0521 e. The fourth-order valence-electron chi connectivity index (χ4n) is 3.13. The first-order valence-electron chi connectivity index (χ1n) is 6.40. The smallest absolute Gasteiger partial charge is 0.0521 e. The Morgan fingerprint density at radius 1 is 0.875 bits per heavy atom. The molecule has 0 spiro atoms. The zero-order chi connectivity index (χ0) is 12.7. The van der Waals surface area contributed by atoms with Gasteiger partial charge in [-0.3, -0.25) is 0 Å². The van der Waals surface area contributed by atoms with E-state index >= 15 is 0 Å². The van der Waals surface area contributed by atoms with Crippen LogP contribution in [-0.4, -0.2) is 16.1 Å². The van der Waals surface area contributed by atoms with Crippen molar-refractivity contribution in [3.63, 3.8) is 0 Å². The molecule has 92 valence electrons. The Hall–Kier alpha value is -0.0862. The summed E-state index contributed by atoms with van der Waals surface area (Å²) < 4.78 is 0. The number of rotatable bonds is 2. The third-order valence-electron chi connectivity index (χ3n) is 3.68. The van der Waals surface area contributed by atoms with E-state index in [0.29, 0.717) is 0 Å². The van der Waals surface area contributed by atoms with Crippen LogP contribution in [0.2, 0.25) is 50.4 Å². The molecule has 16 heavy (non-hydrogen) atoms. The topological polar surface area (TPSA) is 0 Å². The molecule has 2 unspecified atom stereocenters. The highest BCUT2D eigenvalue weighted by Crippen LogP contribution is 2.49. The van der Waals surface area contributed by atoms with Crippen molar-refractivity contribution in [1.29, 1.82) is 0 Å². The minimum Gasteiger partial charge on any atom is -0.0808 e. The van der Waals surface area contributed by atoms with Gasteiger partial charge in [0.2, 0.25) is 0 Å². The van der Waals surface area contributed by atoms with Gasteiger partial charge in [-0.25, -0.2) is 0 Å². The maximum absolute atomic E-state index is 2.57. The van der Waals surface area contributed by atoms with Gasteiger partial charge in [-0.05, 0) is 24.9 Å². The van der Waals surface area contributed by atoms with E-state index in [4.69, 9.17) is 0 Å². The van der Waals surface area contributed by atoms with E-state index in [9.17, 15) is 0 Å². The van der Waals surface area contributed by atoms with Crippen LogP contribution in [0.25, 0.3) is 0 Å². The first kappa shape index (κ1) is 14.0. The van der Waals surface area contributed by atoms with Crippen molar-refractivity contribution in [2.24, 2.45) is 0 Å². The highest BCUT2D eigenvalue weighted by molar-refractivity contribution is 6.84. The molecule has 2 atom stereocenters. The van der Waals surface area contributed by atoms with Crippen LogP contribution in [0.1, 0.15) is 13.8 Å². The lowest BCUT2D eigenvalue weighted by Crippen LogP contribution is -2.41. The monoisotopic (exact) mass is 252 g/mol. The summed E-state index contributed by atoms with van der Waals surface area (Å²) in [6.07, 6.45) is 4.99. The van der Waals surface area contributed by atoms with Crippen LogP contribution >= 0.6 is 0 Å². The maximum atomic E-state index is 2.57. The minimum atomic E-state index is -1.10. The summed E-state index contributed by atoms with van der Waals surface area (Å²) >= 11 is 0. The average molecular weight is 253 g/mol. The Labute approximate surface area is 104 Å². The lowest BCUT2D eigenvalue weighted by molar-refractivity contribution is 0.866. The lowest BCUT2D eigenvalue weighted by atomic mass is 10.0. The van der Waals surface area contributed by atoms with Crippen LogP contribution < -0.4 is 0 Å². The zero-order valence-corrected chi connectivity index (χ0v) is 14.3. The number of hydrogen-bond acceptors (Lipinski definition) is 0. The van der Waals surface area contributed by atoms with Gasteiger partial charge in [0.1, 0.15) is 0 Å². The average Bonchev–Trinajstić information content (AvgIpc) is 1.97.